The average Bonchev–Trinajstić information content (AvgIpc) is 3.37. The first-order valence-electron chi connectivity index (χ1n) is 9.67. The fraction of sp³-hybridized carbons (Fsp3) is 0.300. The molecule has 1 aromatic carbocycles. The first-order valence-corrected chi connectivity index (χ1v) is 10.0. The Labute approximate surface area is 187 Å². The molecule has 4 aromatic rings. The summed E-state index contributed by atoms with van der Waals surface area (Å²) in [6.45, 7) is 1.82. The van der Waals surface area contributed by atoms with Gasteiger partial charge in [-0.05, 0) is 43.6 Å². The van der Waals surface area contributed by atoms with E-state index < -0.39 is 5.82 Å². The van der Waals surface area contributed by atoms with Gasteiger partial charge >= 0.3 is 0 Å². The minimum Gasteiger partial charge on any atom is -0.334 e. The smallest absolute Gasteiger partial charge is 0.263 e. The number of hydrogen-bond donors (Lipinski definition) is 2. The summed E-state index contributed by atoms with van der Waals surface area (Å²) in [5, 5.41) is 12.1. The SMILES string of the molecule is Cl.O=c1cc(C2CCNCC2)n2ncc(-c3nc(Cc4ccc(F)cc4Cl)no3)c2[nH]1. The van der Waals surface area contributed by atoms with Crippen molar-refractivity contribution in [3.63, 3.8) is 0 Å². The summed E-state index contributed by atoms with van der Waals surface area (Å²) in [6.07, 6.45) is 3.78. The lowest BCUT2D eigenvalue weighted by atomic mass is 9.94. The van der Waals surface area contributed by atoms with Crippen molar-refractivity contribution in [2.24, 2.45) is 0 Å². The number of aromatic nitrogens is 5. The van der Waals surface area contributed by atoms with Crippen LogP contribution in [0.5, 0.6) is 0 Å². The Morgan fingerprint density at radius 2 is 2.06 bits per heavy atom. The standard InChI is InChI=1S/C20H18ClFN6O2.ClH/c21-15-8-13(22)2-1-12(15)7-17-25-20(30-27-17)14-10-24-28-16(9-18(29)26-19(14)28)11-3-5-23-6-4-11;/h1-2,8-11,23H,3-7H2,(H,26,29);1H. The summed E-state index contributed by atoms with van der Waals surface area (Å²) < 4.78 is 20.4. The van der Waals surface area contributed by atoms with Crippen LogP contribution in [-0.4, -0.2) is 37.8 Å². The molecular formula is C20H19Cl2FN6O2. The van der Waals surface area contributed by atoms with Gasteiger partial charge in [-0.1, -0.05) is 22.8 Å². The molecule has 5 rings (SSSR count). The maximum absolute atomic E-state index is 13.2. The number of H-pyrrole nitrogens is 1. The molecule has 11 heteroatoms. The van der Waals surface area contributed by atoms with Crippen LogP contribution in [0.25, 0.3) is 17.1 Å². The van der Waals surface area contributed by atoms with Gasteiger partial charge in [0.25, 0.3) is 11.4 Å². The van der Waals surface area contributed by atoms with Crippen LogP contribution in [0, 0.1) is 5.82 Å². The second-order valence-electron chi connectivity index (χ2n) is 7.33. The van der Waals surface area contributed by atoms with E-state index in [2.05, 4.69) is 25.5 Å². The van der Waals surface area contributed by atoms with Crippen molar-refractivity contribution < 1.29 is 8.91 Å². The molecule has 1 saturated heterocycles. The first kappa shape index (κ1) is 21.5. The molecule has 1 aliphatic heterocycles. The topological polar surface area (TPSA) is 101 Å². The number of halogens is 3. The van der Waals surface area contributed by atoms with Crippen LogP contribution in [0.1, 0.15) is 35.8 Å². The van der Waals surface area contributed by atoms with Crippen molar-refractivity contribution in [2.75, 3.05) is 13.1 Å². The number of rotatable bonds is 4. The van der Waals surface area contributed by atoms with Crippen molar-refractivity contribution in [2.45, 2.75) is 25.2 Å². The number of piperidine rings is 1. The Balaban J connectivity index is 0.00000231. The van der Waals surface area contributed by atoms with Crippen molar-refractivity contribution in [3.8, 4) is 11.5 Å². The number of aromatic amines is 1. The molecule has 8 nitrogen and oxygen atoms in total. The molecule has 0 aliphatic carbocycles. The van der Waals surface area contributed by atoms with E-state index in [4.69, 9.17) is 16.1 Å². The molecule has 2 N–H and O–H groups in total. The molecule has 162 valence electrons. The molecule has 0 bridgehead atoms. The number of benzene rings is 1. The largest absolute Gasteiger partial charge is 0.334 e. The first-order chi connectivity index (χ1) is 14.6. The third-order valence-electron chi connectivity index (χ3n) is 5.35. The summed E-state index contributed by atoms with van der Waals surface area (Å²) in [6, 6.07) is 5.78. The molecule has 31 heavy (non-hydrogen) atoms. The van der Waals surface area contributed by atoms with Gasteiger partial charge in [-0.2, -0.15) is 10.1 Å². The maximum atomic E-state index is 13.2. The van der Waals surface area contributed by atoms with Gasteiger partial charge in [0.2, 0.25) is 0 Å². The summed E-state index contributed by atoms with van der Waals surface area (Å²) in [4.78, 5) is 19.6. The number of fused-ring (bicyclic) bond motifs is 1. The molecule has 0 saturated carbocycles. The van der Waals surface area contributed by atoms with Crippen LogP contribution in [0.2, 0.25) is 5.02 Å². The Kier molecular flexibility index (Phi) is 6.08. The monoisotopic (exact) mass is 464 g/mol. The van der Waals surface area contributed by atoms with Crippen molar-refractivity contribution in [1.82, 2.24) is 30.1 Å². The fourth-order valence-corrected chi connectivity index (χ4v) is 4.08. The predicted molar refractivity (Wildman–Crippen MR) is 115 cm³/mol. The van der Waals surface area contributed by atoms with E-state index in [-0.39, 0.29) is 29.8 Å². The lowest BCUT2D eigenvalue weighted by molar-refractivity contribution is 0.424. The zero-order chi connectivity index (χ0) is 20.7. The molecule has 4 heterocycles. The van der Waals surface area contributed by atoms with Crippen molar-refractivity contribution in [1.29, 1.82) is 0 Å². The van der Waals surface area contributed by atoms with Crippen LogP contribution in [0.4, 0.5) is 4.39 Å². The highest BCUT2D eigenvalue weighted by Gasteiger charge is 2.22. The molecule has 0 amide bonds. The van der Waals surface area contributed by atoms with Gasteiger partial charge in [-0.25, -0.2) is 8.91 Å². The highest BCUT2D eigenvalue weighted by molar-refractivity contribution is 6.31. The van der Waals surface area contributed by atoms with Crippen LogP contribution in [0.3, 0.4) is 0 Å². The minimum atomic E-state index is -0.405. The molecule has 1 aliphatic rings. The van der Waals surface area contributed by atoms with Crippen LogP contribution in [0.15, 0.2) is 39.8 Å². The second-order valence-corrected chi connectivity index (χ2v) is 7.74. The second kappa shape index (κ2) is 8.78. The lowest BCUT2D eigenvalue weighted by Crippen LogP contribution is -2.28. The van der Waals surface area contributed by atoms with Crippen molar-refractivity contribution in [3.05, 3.63) is 68.7 Å². The summed E-state index contributed by atoms with van der Waals surface area (Å²) in [5.41, 5.74) is 2.43. The van der Waals surface area contributed by atoms with Gasteiger partial charge in [0, 0.05) is 23.4 Å². The normalized spacial score (nSPS) is 14.6. The molecule has 0 atom stereocenters. The van der Waals surface area contributed by atoms with Crippen LogP contribution in [-0.2, 0) is 6.42 Å². The van der Waals surface area contributed by atoms with E-state index >= 15 is 0 Å². The molecule has 1 fully saturated rings. The fourth-order valence-electron chi connectivity index (χ4n) is 3.85. The van der Waals surface area contributed by atoms with Crippen LogP contribution < -0.4 is 10.9 Å². The van der Waals surface area contributed by atoms with Gasteiger partial charge in [-0.3, -0.25) is 4.79 Å². The summed E-state index contributed by atoms with van der Waals surface area (Å²) >= 11 is 6.09. The molecule has 3 aromatic heterocycles. The number of nitrogens with zero attached hydrogens (tertiary/aromatic N) is 4. The highest BCUT2D eigenvalue weighted by Crippen LogP contribution is 2.28. The van der Waals surface area contributed by atoms with Crippen LogP contribution >= 0.6 is 24.0 Å². The molecule has 0 spiro atoms. The van der Waals surface area contributed by atoms with E-state index in [1.54, 1.807) is 22.8 Å². The molecule has 0 radical (unpaired) electrons. The number of hydrogen-bond acceptors (Lipinski definition) is 6. The van der Waals surface area contributed by atoms with E-state index in [0.29, 0.717) is 34.0 Å². The average molecular weight is 465 g/mol. The quantitative estimate of drug-likeness (QED) is 0.480. The minimum absolute atomic E-state index is 0. The number of nitrogens with one attached hydrogen (secondary N) is 2. The Hall–Kier alpha value is -2.75. The maximum Gasteiger partial charge on any atom is 0.263 e. The highest BCUT2D eigenvalue weighted by atomic mass is 35.5. The lowest BCUT2D eigenvalue weighted by Gasteiger charge is -2.23. The van der Waals surface area contributed by atoms with Gasteiger partial charge < -0.3 is 14.8 Å². The molecular weight excluding hydrogens is 446 g/mol. The van der Waals surface area contributed by atoms with Gasteiger partial charge in [0.05, 0.1) is 11.9 Å². The van der Waals surface area contributed by atoms with E-state index in [1.807, 2.05) is 0 Å². The Bertz CT molecular complexity index is 1280. The van der Waals surface area contributed by atoms with Gasteiger partial charge in [-0.15, -0.1) is 12.4 Å². The third-order valence-corrected chi connectivity index (χ3v) is 5.71. The Morgan fingerprint density at radius 3 is 2.84 bits per heavy atom. The van der Waals surface area contributed by atoms with E-state index in [1.165, 1.54) is 12.1 Å². The predicted octanol–water partition coefficient (Wildman–Crippen LogP) is 3.34. The molecule has 0 unspecified atom stereocenters. The third kappa shape index (κ3) is 4.21. The zero-order valence-electron chi connectivity index (χ0n) is 16.3. The van der Waals surface area contributed by atoms with Gasteiger partial charge in [0.1, 0.15) is 17.0 Å². The van der Waals surface area contributed by atoms with Gasteiger partial charge in [0.15, 0.2) is 5.82 Å². The zero-order valence-corrected chi connectivity index (χ0v) is 17.8. The Morgan fingerprint density at radius 1 is 1.26 bits per heavy atom. The van der Waals surface area contributed by atoms with Crippen molar-refractivity contribution >= 4 is 29.7 Å². The summed E-state index contributed by atoms with van der Waals surface area (Å²) in [7, 11) is 0. The van der Waals surface area contributed by atoms with E-state index in [9.17, 15) is 9.18 Å². The summed E-state index contributed by atoms with van der Waals surface area (Å²) in [5.74, 6) is 0.492. The van der Waals surface area contributed by atoms with E-state index in [0.717, 1.165) is 31.6 Å².